The zero-order chi connectivity index (χ0) is 18.4. The number of thiazole rings is 1. The van der Waals surface area contributed by atoms with Crippen LogP contribution in [0, 0.1) is 0 Å². The third kappa shape index (κ3) is 4.71. The molecule has 6 heteroatoms. The Hall–Kier alpha value is -2.63. The third-order valence-corrected chi connectivity index (χ3v) is 4.67. The first-order valence-electron chi connectivity index (χ1n) is 7.84. The van der Waals surface area contributed by atoms with E-state index in [1.165, 1.54) is 17.4 Å². The molecule has 0 saturated carbocycles. The SMILES string of the molecule is COc1ccccc1-c1nc(COC(=O)/C=C/c2cccc(Cl)c2)cs1. The highest BCUT2D eigenvalue weighted by Gasteiger charge is 2.10. The standard InChI is InChI=1S/C20H16ClNO3S/c1-24-18-8-3-2-7-17(18)20-22-16(13-26-20)12-25-19(23)10-9-14-5-4-6-15(21)11-14/h2-11,13H,12H2,1H3/b10-9+. The van der Waals surface area contributed by atoms with Gasteiger partial charge in [-0.05, 0) is 35.9 Å². The normalized spacial score (nSPS) is 10.8. The van der Waals surface area contributed by atoms with Gasteiger partial charge in [0.25, 0.3) is 0 Å². The molecule has 1 aromatic heterocycles. The lowest BCUT2D eigenvalue weighted by atomic mass is 10.2. The summed E-state index contributed by atoms with van der Waals surface area (Å²) in [5.41, 5.74) is 2.44. The fraction of sp³-hybridized carbons (Fsp3) is 0.100. The smallest absolute Gasteiger partial charge is 0.331 e. The average molecular weight is 386 g/mol. The Kier molecular flexibility index (Phi) is 6.04. The van der Waals surface area contributed by atoms with Crippen molar-refractivity contribution >= 4 is 35.0 Å². The van der Waals surface area contributed by atoms with Crippen LogP contribution in [0.15, 0.2) is 60.0 Å². The summed E-state index contributed by atoms with van der Waals surface area (Å²) in [7, 11) is 1.63. The first-order chi connectivity index (χ1) is 12.7. The van der Waals surface area contributed by atoms with Gasteiger partial charge in [0.1, 0.15) is 17.4 Å². The molecule has 0 radical (unpaired) electrons. The molecule has 0 fully saturated rings. The van der Waals surface area contributed by atoms with Gasteiger partial charge in [0.15, 0.2) is 0 Å². The minimum atomic E-state index is -0.434. The summed E-state index contributed by atoms with van der Waals surface area (Å²) >= 11 is 7.39. The van der Waals surface area contributed by atoms with Gasteiger partial charge in [-0.2, -0.15) is 0 Å². The maximum Gasteiger partial charge on any atom is 0.331 e. The van der Waals surface area contributed by atoms with E-state index in [1.54, 1.807) is 25.3 Å². The van der Waals surface area contributed by atoms with Crippen LogP contribution in [0.5, 0.6) is 5.75 Å². The average Bonchev–Trinajstić information content (AvgIpc) is 3.13. The number of carbonyl (C=O) groups excluding carboxylic acids is 1. The quantitative estimate of drug-likeness (QED) is 0.430. The molecule has 0 spiro atoms. The summed E-state index contributed by atoms with van der Waals surface area (Å²) in [6.45, 7) is 0.115. The number of para-hydroxylation sites is 1. The number of hydrogen-bond donors (Lipinski definition) is 0. The Morgan fingerprint density at radius 3 is 2.88 bits per heavy atom. The molecule has 0 aliphatic carbocycles. The van der Waals surface area contributed by atoms with Crippen LogP contribution in [-0.2, 0) is 16.1 Å². The molecule has 0 aliphatic rings. The molecule has 132 valence electrons. The Balaban J connectivity index is 1.60. The van der Waals surface area contributed by atoms with Gasteiger partial charge in [-0.3, -0.25) is 0 Å². The summed E-state index contributed by atoms with van der Waals surface area (Å²) in [5, 5.41) is 3.31. The second kappa shape index (κ2) is 8.65. The van der Waals surface area contributed by atoms with E-state index in [0.717, 1.165) is 21.9 Å². The molecule has 3 rings (SSSR count). The Labute approximate surface area is 160 Å². The summed E-state index contributed by atoms with van der Waals surface area (Å²) in [5.74, 6) is 0.326. The number of methoxy groups -OCH3 is 1. The van der Waals surface area contributed by atoms with E-state index >= 15 is 0 Å². The molecule has 3 aromatic rings. The molecule has 0 amide bonds. The van der Waals surface area contributed by atoms with Crippen molar-refractivity contribution < 1.29 is 14.3 Å². The van der Waals surface area contributed by atoms with Gasteiger partial charge in [-0.15, -0.1) is 11.3 Å². The number of carbonyl (C=O) groups is 1. The third-order valence-electron chi connectivity index (χ3n) is 3.51. The van der Waals surface area contributed by atoms with E-state index in [2.05, 4.69) is 4.98 Å². The van der Waals surface area contributed by atoms with Gasteiger partial charge in [0.2, 0.25) is 0 Å². The van der Waals surface area contributed by atoms with Crippen LogP contribution in [-0.4, -0.2) is 18.1 Å². The first-order valence-corrected chi connectivity index (χ1v) is 9.09. The van der Waals surface area contributed by atoms with Crippen LogP contribution < -0.4 is 4.74 Å². The van der Waals surface area contributed by atoms with Crippen molar-refractivity contribution in [3.8, 4) is 16.3 Å². The zero-order valence-electron chi connectivity index (χ0n) is 14.0. The highest BCUT2D eigenvalue weighted by Crippen LogP contribution is 2.31. The van der Waals surface area contributed by atoms with Crippen molar-refractivity contribution in [3.05, 3.63) is 76.3 Å². The predicted molar refractivity (Wildman–Crippen MR) is 104 cm³/mol. The summed E-state index contributed by atoms with van der Waals surface area (Å²) in [6, 6.07) is 14.9. The molecule has 0 unspecified atom stereocenters. The maximum atomic E-state index is 11.9. The van der Waals surface area contributed by atoms with Gasteiger partial charge < -0.3 is 9.47 Å². The van der Waals surface area contributed by atoms with Gasteiger partial charge in [-0.1, -0.05) is 35.9 Å². The molecule has 4 nitrogen and oxygen atoms in total. The van der Waals surface area contributed by atoms with Crippen LogP contribution in [0.2, 0.25) is 5.02 Å². The van der Waals surface area contributed by atoms with E-state index in [9.17, 15) is 4.79 Å². The largest absolute Gasteiger partial charge is 0.496 e. The molecular weight excluding hydrogens is 370 g/mol. The number of rotatable bonds is 6. The number of hydrogen-bond acceptors (Lipinski definition) is 5. The zero-order valence-corrected chi connectivity index (χ0v) is 15.6. The van der Waals surface area contributed by atoms with Gasteiger partial charge in [0.05, 0.1) is 18.4 Å². The number of esters is 1. The van der Waals surface area contributed by atoms with Gasteiger partial charge >= 0.3 is 5.97 Å². The fourth-order valence-corrected chi connectivity index (χ4v) is 3.32. The number of aromatic nitrogens is 1. The Morgan fingerprint density at radius 2 is 2.08 bits per heavy atom. The first kappa shape index (κ1) is 18.2. The van der Waals surface area contributed by atoms with Crippen molar-refractivity contribution in [2.24, 2.45) is 0 Å². The minimum absolute atomic E-state index is 0.115. The van der Waals surface area contributed by atoms with Crippen molar-refractivity contribution in [1.29, 1.82) is 0 Å². The Bertz CT molecular complexity index is 936. The number of nitrogens with zero attached hydrogens (tertiary/aromatic N) is 1. The lowest BCUT2D eigenvalue weighted by Crippen LogP contribution is -2.01. The van der Waals surface area contributed by atoms with Crippen LogP contribution >= 0.6 is 22.9 Å². The highest BCUT2D eigenvalue weighted by atomic mass is 35.5. The minimum Gasteiger partial charge on any atom is -0.496 e. The molecule has 0 bridgehead atoms. The lowest BCUT2D eigenvalue weighted by molar-refractivity contribution is -0.139. The van der Waals surface area contributed by atoms with Crippen molar-refractivity contribution in [2.75, 3.05) is 7.11 Å². The van der Waals surface area contributed by atoms with Gasteiger partial charge in [0, 0.05) is 16.5 Å². The monoisotopic (exact) mass is 385 g/mol. The second-order valence-corrected chi connectivity index (χ2v) is 6.63. The summed E-state index contributed by atoms with van der Waals surface area (Å²) in [4.78, 5) is 16.4. The van der Waals surface area contributed by atoms with Crippen molar-refractivity contribution in [3.63, 3.8) is 0 Å². The molecule has 0 N–H and O–H groups in total. The molecule has 0 atom stereocenters. The van der Waals surface area contributed by atoms with Crippen LogP contribution in [0.4, 0.5) is 0 Å². The molecule has 0 saturated heterocycles. The molecule has 1 heterocycles. The molecular formula is C20H16ClNO3S. The summed E-state index contributed by atoms with van der Waals surface area (Å²) < 4.78 is 10.6. The van der Waals surface area contributed by atoms with Crippen LogP contribution in [0.3, 0.4) is 0 Å². The predicted octanol–water partition coefficient (Wildman–Crippen LogP) is 5.23. The highest BCUT2D eigenvalue weighted by molar-refractivity contribution is 7.13. The number of ether oxygens (including phenoxy) is 2. The van der Waals surface area contributed by atoms with Crippen LogP contribution in [0.1, 0.15) is 11.3 Å². The Morgan fingerprint density at radius 1 is 1.23 bits per heavy atom. The molecule has 2 aromatic carbocycles. The van der Waals surface area contributed by atoms with Crippen molar-refractivity contribution in [1.82, 2.24) is 4.98 Å². The van der Waals surface area contributed by atoms with Crippen molar-refractivity contribution in [2.45, 2.75) is 6.61 Å². The van der Waals surface area contributed by atoms with E-state index in [-0.39, 0.29) is 6.61 Å². The number of benzene rings is 2. The van der Waals surface area contributed by atoms with E-state index < -0.39 is 5.97 Å². The van der Waals surface area contributed by atoms with Gasteiger partial charge in [-0.25, -0.2) is 9.78 Å². The van der Waals surface area contributed by atoms with E-state index in [4.69, 9.17) is 21.1 Å². The topological polar surface area (TPSA) is 48.4 Å². The van der Waals surface area contributed by atoms with Crippen LogP contribution in [0.25, 0.3) is 16.6 Å². The summed E-state index contributed by atoms with van der Waals surface area (Å²) in [6.07, 6.45) is 3.04. The molecule has 0 aliphatic heterocycles. The number of halogens is 1. The molecule has 26 heavy (non-hydrogen) atoms. The van der Waals surface area contributed by atoms with E-state index in [0.29, 0.717) is 10.7 Å². The fourth-order valence-electron chi connectivity index (χ4n) is 2.29. The lowest BCUT2D eigenvalue weighted by Gasteiger charge is -2.04. The van der Waals surface area contributed by atoms with E-state index in [1.807, 2.05) is 41.8 Å². The maximum absolute atomic E-state index is 11.9. The second-order valence-electron chi connectivity index (χ2n) is 5.34.